The van der Waals surface area contributed by atoms with Gasteiger partial charge in [-0.3, -0.25) is 9.59 Å². The van der Waals surface area contributed by atoms with Crippen LogP contribution in [0.5, 0.6) is 28.7 Å². The smallest absolute Gasteiger partial charge is 0.260 e. The van der Waals surface area contributed by atoms with Crippen LogP contribution in [0.4, 0.5) is 0 Å². The molecule has 2 aliphatic rings. The monoisotopic (exact) mass is 467 g/mol. The Labute approximate surface area is 199 Å². The van der Waals surface area contributed by atoms with Crippen molar-refractivity contribution in [1.82, 2.24) is 4.90 Å². The van der Waals surface area contributed by atoms with E-state index < -0.39 is 5.60 Å². The fourth-order valence-electron chi connectivity index (χ4n) is 4.37. The summed E-state index contributed by atoms with van der Waals surface area (Å²) in [5, 5.41) is 0. The van der Waals surface area contributed by atoms with E-state index >= 15 is 0 Å². The summed E-state index contributed by atoms with van der Waals surface area (Å²) in [4.78, 5) is 27.5. The van der Waals surface area contributed by atoms with Gasteiger partial charge in [-0.05, 0) is 24.3 Å². The van der Waals surface area contributed by atoms with E-state index in [4.69, 9.17) is 23.7 Å². The molecule has 0 unspecified atom stereocenters. The van der Waals surface area contributed by atoms with Crippen molar-refractivity contribution in [1.29, 1.82) is 0 Å². The Morgan fingerprint density at radius 2 is 1.76 bits per heavy atom. The van der Waals surface area contributed by atoms with Crippen LogP contribution in [0.3, 0.4) is 0 Å². The van der Waals surface area contributed by atoms with E-state index in [1.807, 2.05) is 12.1 Å². The number of fused-ring (bicyclic) bond motifs is 1. The number of hydrogen-bond acceptors (Lipinski definition) is 7. The number of carbonyl (C=O) groups excluding carboxylic acids is 2. The van der Waals surface area contributed by atoms with Crippen molar-refractivity contribution < 1.29 is 33.3 Å². The Balaban J connectivity index is 1.39. The second-order valence-electron chi connectivity index (χ2n) is 8.28. The van der Waals surface area contributed by atoms with Crippen molar-refractivity contribution in [3.8, 4) is 28.7 Å². The largest absolute Gasteiger partial charge is 0.493 e. The fraction of sp³-hybridized carbons (Fsp3) is 0.385. The first-order valence-electron chi connectivity index (χ1n) is 11.2. The van der Waals surface area contributed by atoms with Gasteiger partial charge in [0.05, 0.1) is 26.2 Å². The lowest BCUT2D eigenvalue weighted by Gasteiger charge is -2.44. The molecule has 0 aliphatic carbocycles. The topological polar surface area (TPSA) is 83.5 Å². The number of nitrogens with zero attached hydrogens (tertiary/aromatic N) is 1. The van der Waals surface area contributed by atoms with Crippen LogP contribution in [0, 0.1) is 0 Å². The van der Waals surface area contributed by atoms with Gasteiger partial charge in [0.15, 0.2) is 35.4 Å². The summed E-state index contributed by atoms with van der Waals surface area (Å²) in [6, 6.07) is 10.6. The third-order valence-corrected chi connectivity index (χ3v) is 6.19. The van der Waals surface area contributed by atoms with Gasteiger partial charge in [-0.2, -0.15) is 0 Å². The predicted molar refractivity (Wildman–Crippen MR) is 125 cm³/mol. The Kier molecular flexibility index (Phi) is 6.95. The van der Waals surface area contributed by atoms with Crippen LogP contribution in [0.1, 0.15) is 29.6 Å². The van der Waals surface area contributed by atoms with Crippen LogP contribution < -0.4 is 23.7 Å². The lowest BCUT2D eigenvalue weighted by molar-refractivity contribution is -0.137. The summed E-state index contributed by atoms with van der Waals surface area (Å²) in [7, 11) is 3.07. The van der Waals surface area contributed by atoms with E-state index in [0.29, 0.717) is 66.8 Å². The normalized spacial score (nSPS) is 16.3. The zero-order valence-corrected chi connectivity index (χ0v) is 19.5. The molecule has 1 spiro atoms. The molecule has 2 aromatic rings. The first kappa shape index (κ1) is 23.5. The number of benzene rings is 2. The molecule has 0 atom stereocenters. The number of methoxy groups -OCH3 is 2. The molecule has 0 saturated carbocycles. The minimum atomic E-state index is -0.674. The number of rotatable bonds is 8. The van der Waals surface area contributed by atoms with Gasteiger partial charge in [0.2, 0.25) is 5.75 Å². The van der Waals surface area contributed by atoms with E-state index in [1.165, 1.54) is 7.11 Å². The van der Waals surface area contributed by atoms with E-state index in [0.717, 1.165) is 0 Å². The zero-order valence-electron chi connectivity index (χ0n) is 19.5. The van der Waals surface area contributed by atoms with Gasteiger partial charge in [-0.1, -0.05) is 24.8 Å². The summed E-state index contributed by atoms with van der Waals surface area (Å²) >= 11 is 0. The molecule has 2 heterocycles. The van der Waals surface area contributed by atoms with Gasteiger partial charge in [-0.15, -0.1) is 0 Å². The van der Waals surface area contributed by atoms with E-state index in [2.05, 4.69) is 6.58 Å². The zero-order chi connectivity index (χ0) is 24.1. The van der Waals surface area contributed by atoms with Crippen LogP contribution >= 0.6 is 0 Å². The minimum Gasteiger partial charge on any atom is -0.493 e. The molecule has 2 aromatic carbocycles. The Hall–Kier alpha value is -3.68. The molecule has 1 fully saturated rings. The standard InChI is InChI=1S/C26H29NO7/c1-4-15-32-20-7-5-6-8-21(20)33-17-23(29)27-13-11-26(12-14-27)16-19(28)18-9-10-22(30-2)25(31-3)24(18)34-26/h4-10H,1,11-17H2,2-3H3. The average molecular weight is 468 g/mol. The molecular formula is C26H29NO7. The number of likely N-dealkylation sites (tertiary alicyclic amines) is 1. The summed E-state index contributed by atoms with van der Waals surface area (Å²) < 4.78 is 28.5. The molecular weight excluding hydrogens is 438 g/mol. The Morgan fingerprint density at radius 3 is 2.41 bits per heavy atom. The number of piperidine rings is 1. The fourth-order valence-corrected chi connectivity index (χ4v) is 4.37. The summed E-state index contributed by atoms with van der Waals surface area (Å²) in [6.07, 6.45) is 2.97. The predicted octanol–water partition coefficient (Wildman–Crippen LogP) is 3.67. The van der Waals surface area contributed by atoms with Crippen LogP contribution in [-0.4, -0.2) is 62.7 Å². The number of ketones is 1. The second kappa shape index (κ2) is 10.1. The van der Waals surface area contributed by atoms with Crippen molar-refractivity contribution >= 4 is 11.7 Å². The van der Waals surface area contributed by atoms with Crippen molar-refractivity contribution in [2.24, 2.45) is 0 Å². The number of carbonyl (C=O) groups is 2. The maximum absolute atomic E-state index is 12.9. The van der Waals surface area contributed by atoms with Crippen LogP contribution in [-0.2, 0) is 4.79 Å². The lowest BCUT2D eigenvalue weighted by Crippen LogP contribution is -2.53. The molecule has 8 nitrogen and oxygen atoms in total. The number of Topliss-reactive ketones (excluding diaryl/α,β-unsaturated/α-hetero) is 1. The molecule has 2 aliphatic heterocycles. The molecule has 34 heavy (non-hydrogen) atoms. The van der Waals surface area contributed by atoms with Gasteiger partial charge in [0.25, 0.3) is 5.91 Å². The van der Waals surface area contributed by atoms with Crippen molar-refractivity contribution in [2.45, 2.75) is 24.9 Å². The van der Waals surface area contributed by atoms with E-state index in [-0.39, 0.29) is 24.7 Å². The average Bonchev–Trinajstić information content (AvgIpc) is 2.86. The third kappa shape index (κ3) is 4.66. The number of para-hydroxylation sites is 2. The molecule has 1 amide bonds. The van der Waals surface area contributed by atoms with E-state index in [1.54, 1.807) is 42.4 Å². The molecule has 8 heteroatoms. The third-order valence-electron chi connectivity index (χ3n) is 6.19. The Bertz CT molecular complexity index is 1070. The summed E-state index contributed by atoms with van der Waals surface area (Å²) in [5.74, 6) is 2.27. The van der Waals surface area contributed by atoms with Crippen LogP contribution in [0.15, 0.2) is 49.1 Å². The number of ether oxygens (including phenoxy) is 5. The summed E-state index contributed by atoms with van der Waals surface area (Å²) in [5.41, 5.74) is -0.181. The van der Waals surface area contributed by atoms with Gasteiger partial charge >= 0.3 is 0 Å². The van der Waals surface area contributed by atoms with Crippen LogP contribution in [0.2, 0.25) is 0 Å². The number of hydrogen-bond donors (Lipinski definition) is 0. The maximum atomic E-state index is 12.9. The molecule has 4 rings (SSSR count). The van der Waals surface area contributed by atoms with Gasteiger partial charge in [0.1, 0.15) is 12.2 Å². The SMILES string of the molecule is C=CCOc1ccccc1OCC(=O)N1CCC2(CC1)CC(=O)c1ccc(OC)c(OC)c1O2. The van der Waals surface area contributed by atoms with Crippen molar-refractivity contribution in [2.75, 3.05) is 40.5 Å². The minimum absolute atomic E-state index is 0.00134. The highest BCUT2D eigenvalue weighted by molar-refractivity contribution is 6.01. The molecule has 0 bridgehead atoms. The van der Waals surface area contributed by atoms with Crippen molar-refractivity contribution in [3.63, 3.8) is 0 Å². The lowest BCUT2D eigenvalue weighted by atomic mass is 9.82. The highest BCUT2D eigenvalue weighted by Crippen LogP contribution is 2.47. The second-order valence-corrected chi connectivity index (χ2v) is 8.28. The Morgan fingerprint density at radius 1 is 1.06 bits per heavy atom. The quantitative estimate of drug-likeness (QED) is 0.548. The molecule has 1 saturated heterocycles. The maximum Gasteiger partial charge on any atom is 0.260 e. The summed E-state index contributed by atoms with van der Waals surface area (Å²) in [6.45, 7) is 4.82. The first-order valence-corrected chi connectivity index (χ1v) is 11.2. The highest BCUT2D eigenvalue weighted by atomic mass is 16.5. The van der Waals surface area contributed by atoms with Crippen molar-refractivity contribution in [3.05, 3.63) is 54.6 Å². The van der Waals surface area contributed by atoms with E-state index in [9.17, 15) is 9.59 Å². The van der Waals surface area contributed by atoms with Gasteiger partial charge < -0.3 is 28.6 Å². The molecule has 180 valence electrons. The highest BCUT2D eigenvalue weighted by Gasteiger charge is 2.45. The van der Waals surface area contributed by atoms with Gasteiger partial charge in [0, 0.05) is 25.9 Å². The number of amides is 1. The molecule has 0 aromatic heterocycles. The molecule has 0 radical (unpaired) electrons. The van der Waals surface area contributed by atoms with Gasteiger partial charge in [-0.25, -0.2) is 0 Å². The molecule has 0 N–H and O–H groups in total. The first-order chi connectivity index (χ1) is 16.5. The van der Waals surface area contributed by atoms with Crippen LogP contribution in [0.25, 0.3) is 0 Å².